The minimum Gasteiger partial charge on any atom is -0.380 e. The van der Waals surface area contributed by atoms with Crippen LogP contribution in [-0.2, 0) is 4.74 Å². The van der Waals surface area contributed by atoms with E-state index in [1.165, 1.54) is 31.5 Å². The van der Waals surface area contributed by atoms with E-state index in [9.17, 15) is 0 Å². The van der Waals surface area contributed by atoms with Crippen LogP contribution in [0.15, 0.2) is 11.1 Å². The lowest BCUT2D eigenvalue weighted by Gasteiger charge is -2.28. The first-order valence-corrected chi connectivity index (χ1v) is 5.69. The van der Waals surface area contributed by atoms with Crippen molar-refractivity contribution in [1.82, 2.24) is 4.90 Å². The Morgan fingerprint density at radius 3 is 2.43 bits per heavy atom. The maximum Gasteiger partial charge on any atom is 0.0593 e. The molecule has 0 atom stereocenters. The zero-order valence-corrected chi connectivity index (χ0v) is 9.81. The summed E-state index contributed by atoms with van der Waals surface area (Å²) in [5, 5.41) is 0. The molecule has 0 aliphatic carbocycles. The van der Waals surface area contributed by atoms with Gasteiger partial charge in [0, 0.05) is 26.2 Å². The molecule has 2 nitrogen and oxygen atoms in total. The molecule has 0 saturated carbocycles. The maximum atomic E-state index is 5.36. The lowest BCUT2D eigenvalue weighted by molar-refractivity contribution is 0.110. The summed E-state index contributed by atoms with van der Waals surface area (Å²) in [5.41, 5.74) is 3.19. The zero-order chi connectivity index (χ0) is 10.4. The number of ether oxygens (including phenoxy) is 1. The second-order valence-corrected chi connectivity index (χ2v) is 4.14. The summed E-state index contributed by atoms with van der Waals surface area (Å²) < 4.78 is 5.36. The second-order valence-electron chi connectivity index (χ2n) is 4.14. The summed E-state index contributed by atoms with van der Waals surface area (Å²) in [6.45, 7) is 11.8. The first kappa shape index (κ1) is 11.7. The van der Waals surface area contributed by atoms with Crippen LogP contribution in [0.1, 0.15) is 33.6 Å². The predicted molar refractivity (Wildman–Crippen MR) is 60.5 cm³/mol. The van der Waals surface area contributed by atoms with Crippen LogP contribution < -0.4 is 0 Å². The van der Waals surface area contributed by atoms with E-state index in [2.05, 4.69) is 25.7 Å². The standard InChI is InChI=1S/C12H23NO/c1-4-14-10-9-13-7-5-12(6-8-13)11(2)3/h4-10H2,1-3H3. The summed E-state index contributed by atoms with van der Waals surface area (Å²) in [5.74, 6) is 0. The molecule has 0 unspecified atom stereocenters. The molecule has 2 heteroatoms. The van der Waals surface area contributed by atoms with Crippen molar-refractivity contribution in [3.05, 3.63) is 11.1 Å². The number of allylic oxidation sites excluding steroid dienone is 1. The highest BCUT2D eigenvalue weighted by molar-refractivity contribution is 5.12. The van der Waals surface area contributed by atoms with Crippen LogP contribution in [0.5, 0.6) is 0 Å². The largest absolute Gasteiger partial charge is 0.380 e. The molecule has 1 aliphatic rings. The number of piperidine rings is 1. The molecule has 0 bridgehead atoms. The first-order valence-electron chi connectivity index (χ1n) is 5.69. The van der Waals surface area contributed by atoms with E-state index < -0.39 is 0 Å². The number of rotatable bonds is 4. The van der Waals surface area contributed by atoms with E-state index in [-0.39, 0.29) is 0 Å². The van der Waals surface area contributed by atoms with Gasteiger partial charge in [0.25, 0.3) is 0 Å². The van der Waals surface area contributed by atoms with Gasteiger partial charge in [-0.1, -0.05) is 11.1 Å². The minimum absolute atomic E-state index is 0.840. The van der Waals surface area contributed by atoms with Gasteiger partial charge in [0.1, 0.15) is 0 Å². The van der Waals surface area contributed by atoms with Crippen molar-refractivity contribution >= 4 is 0 Å². The smallest absolute Gasteiger partial charge is 0.0593 e. The number of hydrogen-bond donors (Lipinski definition) is 0. The third kappa shape index (κ3) is 3.81. The van der Waals surface area contributed by atoms with Crippen LogP contribution in [0.2, 0.25) is 0 Å². The quantitative estimate of drug-likeness (QED) is 0.507. The van der Waals surface area contributed by atoms with Crippen molar-refractivity contribution in [3.8, 4) is 0 Å². The van der Waals surface area contributed by atoms with Crippen molar-refractivity contribution in [3.63, 3.8) is 0 Å². The normalized spacial score (nSPS) is 18.6. The van der Waals surface area contributed by atoms with Gasteiger partial charge in [0.15, 0.2) is 0 Å². The Labute approximate surface area is 87.9 Å². The lowest BCUT2D eigenvalue weighted by atomic mass is 10.00. The predicted octanol–water partition coefficient (Wildman–Crippen LogP) is 2.46. The van der Waals surface area contributed by atoms with E-state index in [1.54, 1.807) is 5.57 Å². The van der Waals surface area contributed by atoms with Gasteiger partial charge in [-0.2, -0.15) is 0 Å². The molecule has 0 N–H and O–H groups in total. The molecular formula is C12H23NO. The Balaban J connectivity index is 2.19. The average molecular weight is 197 g/mol. The van der Waals surface area contributed by atoms with Gasteiger partial charge in [-0.25, -0.2) is 0 Å². The molecule has 0 spiro atoms. The molecule has 0 amide bonds. The van der Waals surface area contributed by atoms with Crippen LogP contribution >= 0.6 is 0 Å². The summed E-state index contributed by atoms with van der Waals surface area (Å²) in [6, 6.07) is 0. The number of hydrogen-bond acceptors (Lipinski definition) is 2. The molecule has 14 heavy (non-hydrogen) atoms. The summed E-state index contributed by atoms with van der Waals surface area (Å²) in [4.78, 5) is 2.50. The van der Waals surface area contributed by atoms with E-state index in [0.29, 0.717) is 0 Å². The molecule has 1 aliphatic heterocycles. The van der Waals surface area contributed by atoms with Gasteiger partial charge < -0.3 is 9.64 Å². The van der Waals surface area contributed by atoms with E-state index >= 15 is 0 Å². The minimum atomic E-state index is 0.840. The Kier molecular flexibility index (Phi) is 5.20. The molecule has 1 heterocycles. The fourth-order valence-corrected chi connectivity index (χ4v) is 1.88. The Morgan fingerprint density at radius 1 is 1.29 bits per heavy atom. The Morgan fingerprint density at radius 2 is 1.93 bits per heavy atom. The van der Waals surface area contributed by atoms with Crippen molar-refractivity contribution in [2.24, 2.45) is 0 Å². The third-order valence-electron chi connectivity index (χ3n) is 2.92. The molecule has 0 radical (unpaired) electrons. The highest BCUT2D eigenvalue weighted by Crippen LogP contribution is 2.19. The second kappa shape index (κ2) is 6.20. The summed E-state index contributed by atoms with van der Waals surface area (Å²) in [6.07, 6.45) is 2.52. The number of nitrogens with zero attached hydrogens (tertiary/aromatic N) is 1. The Bertz CT molecular complexity index is 184. The number of likely N-dealkylation sites (tertiary alicyclic amines) is 1. The molecule has 0 aromatic carbocycles. The maximum absolute atomic E-state index is 5.36. The van der Waals surface area contributed by atoms with Crippen molar-refractivity contribution in [2.75, 3.05) is 32.8 Å². The van der Waals surface area contributed by atoms with E-state index in [0.717, 1.165) is 19.8 Å². The van der Waals surface area contributed by atoms with Gasteiger partial charge in [0.05, 0.1) is 6.61 Å². The van der Waals surface area contributed by atoms with Gasteiger partial charge >= 0.3 is 0 Å². The van der Waals surface area contributed by atoms with Crippen molar-refractivity contribution in [1.29, 1.82) is 0 Å². The van der Waals surface area contributed by atoms with Crippen LogP contribution in [0.3, 0.4) is 0 Å². The fourth-order valence-electron chi connectivity index (χ4n) is 1.88. The molecule has 1 saturated heterocycles. The topological polar surface area (TPSA) is 12.5 Å². The van der Waals surface area contributed by atoms with Crippen LogP contribution in [-0.4, -0.2) is 37.7 Å². The molecule has 82 valence electrons. The van der Waals surface area contributed by atoms with E-state index in [4.69, 9.17) is 4.74 Å². The monoisotopic (exact) mass is 197 g/mol. The van der Waals surface area contributed by atoms with Gasteiger partial charge in [-0.15, -0.1) is 0 Å². The van der Waals surface area contributed by atoms with E-state index in [1.807, 2.05) is 0 Å². The van der Waals surface area contributed by atoms with Crippen LogP contribution in [0.4, 0.5) is 0 Å². The SMILES string of the molecule is CCOCCN1CCC(=C(C)C)CC1. The molecule has 1 fully saturated rings. The summed E-state index contributed by atoms with van der Waals surface area (Å²) >= 11 is 0. The highest BCUT2D eigenvalue weighted by atomic mass is 16.5. The summed E-state index contributed by atoms with van der Waals surface area (Å²) in [7, 11) is 0. The Hall–Kier alpha value is -0.340. The average Bonchev–Trinajstić information content (AvgIpc) is 2.19. The van der Waals surface area contributed by atoms with Gasteiger partial charge in [-0.3, -0.25) is 0 Å². The molecular weight excluding hydrogens is 174 g/mol. The van der Waals surface area contributed by atoms with Crippen molar-refractivity contribution < 1.29 is 4.74 Å². The zero-order valence-electron chi connectivity index (χ0n) is 9.81. The van der Waals surface area contributed by atoms with Crippen molar-refractivity contribution in [2.45, 2.75) is 33.6 Å². The molecule has 0 aromatic heterocycles. The van der Waals surface area contributed by atoms with Gasteiger partial charge in [-0.05, 0) is 33.6 Å². The lowest BCUT2D eigenvalue weighted by Crippen LogP contribution is -2.33. The van der Waals surface area contributed by atoms with Crippen LogP contribution in [0.25, 0.3) is 0 Å². The third-order valence-corrected chi connectivity index (χ3v) is 2.92. The fraction of sp³-hybridized carbons (Fsp3) is 0.833. The molecule has 0 aromatic rings. The van der Waals surface area contributed by atoms with Gasteiger partial charge in [0.2, 0.25) is 0 Å². The molecule has 1 rings (SSSR count). The highest BCUT2D eigenvalue weighted by Gasteiger charge is 2.13. The first-order chi connectivity index (χ1) is 6.74. The van der Waals surface area contributed by atoms with Crippen LogP contribution in [0, 0.1) is 0 Å².